The molecule has 1 unspecified atom stereocenters. The summed E-state index contributed by atoms with van der Waals surface area (Å²) in [5, 5.41) is 6.00. The lowest BCUT2D eigenvalue weighted by Gasteiger charge is -2.48. The van der Waals surface area contributed by atoms with Gasteiger partial charge < -0.3 is 20.1 Å². The van der Waals surface area contributed by atoms with Crippen LogP contribution in [0.2, 0.25) is 5.02 Å². The van der Waals surface area contributed by atoms with Gasteiger partial charge in [-0.1, -0.05) is 11.6 Å². The zero-order valence-electron chi connectivity index (χ0n) is 17.3. The molecule has 3 aliphatic carbocycles. The van der Waals surface area contributed by atoms with Gasteiger partial charge >= 0.3 is 0 Å². The molecule has 0 radical (unpaired) electrons. The first-order valence-electron chi connectivity index (χ1n) is 10.2. The van der Waals surface area contributed by atoms with Gasteiger partial charge in [0.1, 0.15) is 11.6 Å². The number of benzene rings is 1. The second-order valence-electron chi connectivity index (χ2n) is 8.33. The van der Waals surface area contributed by atoms with Gasteiger partial charge in [-0.3, -0.25) is 9.59 Å². The van der Waals surface area contributed by atoms with Crippen molar-refractivity contribution in [2.24, 2.45) is 0 Å². The number of carbonyl (C=O) groups excluding carboxylic acids is 2. The number of pyridine rings is 1. The average Bonchev–Trinajstić information content (AvgIpc) is 3.23. The maximum atomic E-state index is 13.5. The molecule has 5 rings (SSSR count). The van der Waals surface area contributed by atoms with Gasteiger partial charge in [0.25, 0.3) is 11.8 Å². The zero-order chi connectivity index (χ0) is 22.9. The van der Waals surface area contributed by atoms with Crippen molar-refractivity contribution in [2.45, 2.75) is 50.0 Å². The minimum Gasteiger partial charge on any atom is -0.484 e. The van der Waals surface area contributed by atoms with E-state index in [-0.39, 0.29) is 46.2 Å². The number of rotatable bonds is 8. The molecule has 3 aliphatic rings. The molecule has 3 saturated carbocycles. The summed E-state index contributed by atoms with van der Waals surface area (Å²) < 4.78 is 36.5. The van der Waals surface area contributed by atoms with Crippen molar-refractivity contribution < 1.29 is 27.8 Å². The largest absolute Gasteiger partial charge is 0.484 e. The van der Waals surface area contributed by atoms with Crippen LogP contribution in [0.3, 0.4) is 0 Å². The summed E-state index contributed by atoms with van der Waals surface area (Å²) >= 11 is 5.63. The highest BCUT2D eigenvalue weighted by Crippen LogP contribution is 2.55. The molecule has 1 heterocycles. The number of alkyl halides is 1. The number of halogens is 3. The highest BCUT2D eigenvalue weighted by molar-refractivity contribution is 6.30. The van der Waals surface area contributed by atoms with Gasteiger partial charge in [-0.2, -0.15) is 0 Å². The number of aromatic nitrogens is 1. The predicted molar refractivity (Wildman–Crippen MR) is 112 cm³/mol. The maximum Gasteiger partial charge on any atom is 0.258 e. The van der Waals surface area contributed by atoms with Gasteiger partial charge in [-0.25, -0.2) is 13.8 Å². The fourth-order valence-corrected chi connectivity index (χ4v) is 4.61. The van der Waals surface area contributed by atoms with Crippen LogP contribution < -0.4 is 20.1 Å². The predicted octanol–water partition coefficient (Wildman–Crippen LogP) is 3.56. The molecule has 0 saturated heterocycles. The Labute approximate surface area is 188 Å². The molecule has 1 aromatic heterocycles. The van der Waals surface area contributed by atoms with E-state index in [1.165, 1.54) is 37.4 Å². The minimum atomic E-state index is -1.49. The Morgan fingerprint density at radius 3 is 2.53 bits per heavy atom. The van der Waals surface area contributed by atoms with E-state index in [4.69, 9.17) is 21.1 Å². The number of ether oxygens (including phenoxy) is 2. The summed E-state index contributed by atoms with van der Waals surface area (Å²) in [5.74, 6) is -0.902. The monoisotopic (exact) mass is 465 g/mol. The Morgan fingerprint density at radius 2 is 1.91 bits per heavy atom. The van der Waals surface area contributed by atoms with E-state index in [2.05, 4.69) is 15.6 Å². The molecule has 3 fully saturated rings. The van der Waals surface area contributed by atoms with Crippen LogP contribution in [0.5, 0.6) is 11.6 Å². The first-order chi connectivity index (χ1) is 15.2. The van der Waals surface area contributed by atoms with Crippen LogP contribution in [0.1, 0.15) is 43.0 Å². The second kappa shape index (κ2) is 8.54. The molecule has 2 amide bonds. The highest BCUT2D eigenvalue weighted by Gasteiger charge is 2.62. The lowest BCUT2D eigenvalue weighted by molar-refractivity contribution is -0.126. The number of nitrogens with one attached hydrogen (secondary N) is 2. The Kier molecular flexibility index (Phi) is 5.94. The number of hydrogen-bond donors (Lipinski definition) is 2. The van der Waals surface area contributed by atoms with Crippen LogP contribution >= 0.6 is 11.6 Å². The first-order valence-corrected chi connectivity index (χ1v) is 10.5. The lowest BCUT2D eigenvalue weighted by Crippen LogP contribution is -2.64. The van der Waals surface area contributed by atoms with Gasteiger partial charge in [0.2, 0.25) is 12.2 Å². The molecule has 1 aromatic carbocycles. The van der Waals surface area contributed by atoms with E-state index in [9.17, 15) is 18.4 Å². The number of fused-ring (bicyclic) bond motifs is 1. The van der Waals surface area contributed by atoms with Crippen LogP contribution in [-0.2, 0) is 4.79 Å². The molecule has 1 atom stereocenters. The Morgan fingerprint density at radius 1 is 1.19 bits per heavy atom. The van der Waals surface area contributed by atoms with Crippen molar-refractivity contribution in [3.63, 3.8) is 0 Å². The number of amides is 2. The molecule has 170 valence electrons. The third kappa shape index (κ3) is 4.77. The van der Waals surface area contributed by atoms with E-state index in [1.54, 1.807) is 0 Å². The molecule has 32 heavy (non-hydrogen) atoms. The highest BCUT2D eigenvalue weighted by atomic mass is 35.5. The Bertz CT molecular complexity index is 1030. The SMILES string of the molecule is CC(F)Oc1ccc(C(=O)NC23CCC(NC(=O)COc4ccc(Cl)c(F)c4)(C2)C3)cn1. The van der Waals surface area contributed by atoms with Crippen molar-refractivity contribution in [2.75, 3.05) is 6.61 Å². The minimum absolute atomic E-state index is 0.0195. The van der Waals surface area contributed by atoms with Gasteiger partial charge in [-0.05, 0) is 43.9 Å². The fourth-order valence-electron chi connectivity index (χ4n) is 4.49. The molecule has 2 N–H and O–H groups in total. The smallest absolute Gasteiger partial charge is 0.258 e. The summed E-state index contributed by atoms with van der Waals surface area (Å²) in [5.41, 5.74) is -0.422. The summed E-state index contributed by atoms with van der Waals surface area (Å²) in [7, 11) is 0. The summed E-state index contributed by atoms with van der Waals surface area (Å²) in [6.07, 6.45) is 2.53. The summed E-state index contributed by atoms with van der Waals surface area (Å²) in [6.45, 7) is 0.993. The van der Waals surface area contributed by atoms with Crippen molar-refractivity contribution in [3.05, 3.63) is 52.9 Å². The summed E-state index contributed by atoms with van der Waals surface area (Å²) in [4.78, 5) is 28.8. The molecule has 10 heteroatoms. The molecule has 2 bridgehead atoms. The number of nitrogens with zero attached hydrogens (tertiary/aromatic N) is 1. The lowest BCUT2D eigenvalue weighted by atomic mass is 9.71. The third-order valence-electron chi connectivity index (χ3n) is 5.76. The van der Waals surface area contributed by atoms with E-state index in [1.807, 2.05) is 0 Å². The van der Waals surface area contributed by atoms with E-state index in [0.717, 1.165) is 18.9 Å². The van der Waals surface area contributed by atoms with E-state index in [0.29, 0.717) is 18.4 Å². The van der Waals surface area contributed by atoms with Crippen LogP contribution in [0, 0.1) is 5.82 Å². The van der Waals surface area contributed by atoms with Crippen molar-refractivity contribution >= 4 is 23.4 Å². The van der Waals surface area contributed by atoms with Crippen molar-refractivity contribution in [1.82, 2.24) is 15.6 Å². The standard InChI is InChI=1S/C22H22ClF2N3O4/c1-13(24)32-19-5-2-14(9-26-19)20(30)28-22-7-6-21(11-22,12-22)27-18(29)10-31-15-3-4-16(23)17(25)8-15/h2-5,8-9,13H,6-7,10-12H2,1H3,(H,27,29)(H,28,30). The topological polar surface area (TPSA) is 89.6 Å². The number of carbonyl (C=O) groups is 2. The third-order valence-corrected chi connectivity index (χ3v) is 6.07. The molecule has 2 aromatic rings. The molecule has 0 spiro atoms. The van der Waals surface area contributed by atoms with Gasteiger partial charge in [0, 0.05) is 36.3 Å². The van der Waals surface area contributed by atoms with Crippen LogP contribution in [0.15, 0.2) is 36.5 Å². The van der Waals surface area contributed by atoms with Gasteiger partial charge in [0.15, 0.2) is 6.61 Å². The molecule has 7 nitrogen and oxygen atoms in total. The normalized spacial score (nSPS) is 24.2. The van der Waals surface area contributed by atoms with Crippen LogP contribution in [-0.4, -0.2) is 40.8 Å². The molecular weight excluding hydrogens is 444 g/mol. The van der Waals surface area contributed by atoms with E-state index < -0.39 is 12.2 Å². The fraction of sp³-hybridized carbons (Fsp3) is 0.409. The zero-order valence-corrected chi connectivity index (χ0v) is 18.0. The maximum absolute atomic E-state index is 13.5. The Hall–Kier alpha value is -2.94. The van der Waals surface area contributed by atoms with Crippen molar-refractivity contribution in [3.8, 4) is 11.6 Å². The van der Waals surface area contributed by atoms with Gasteiger partial charge in [-0.15, -0.1) is 0 Å². The van der Waals surface area contributed by atoms with Crippen LogP contribution in [0.25, 0.3) is 0 Å². The van der Waals surface area contributed by atoms with Crippen molar-refractivity contribution in [1.29, 1.82) is 0 Å². The molecular formula is C22H22ClF2N3O4. The molecule has 0 aliphatic heterocycles. The summed E-state index contributed by atoms with van der Waals surface area (Å²) in [6, 6.07) is 6.94. The Balaban J connectivity index is 1.26. The van der Waals surface area contributed by atoms with Crippen LogP contribution in [0.4, 0.5) is 8.78 Å². The number of hydrogen-bond acceptors (Lipinski definition) is 5. The average molecular weight is 466 g/mol. The second-order valence-corrected chi connectivity index (χ2v) is 8.73. The first kappa shape index (κ1) is 22.3. The van der Waals surface area contributed by atoms with E-state index >= 15 is 0 Å². The van der Waals surface area contributed by atoms with Gasteiger partial charge in [0.05, 0.1) is 10.6 Å². The quantitative estimate of drug-likeness (QED) is 0.622.